The van der Waals surface area contributed by atoms with Gasteiger partial charge in [-0.25, -0.2) is 0 Å². The third-order valence-electron chi connectivity index (χ3n) is 3.47. The molecule has 1 atom stereocenters. The summed E-state index contributed by atoms with van der Waals surface area (Å²) in [6.45, 7) is 7.84. The van der Waals surface area contributed by atoms with Crippen molar-refractivity contribution >= 4 is 23.6 Å². The molecule has 134 valence electrons. The van der Waals surface area contributed by atoms with Crippen molar-refractivity contribution in [2.75, 3.05) is 0 Å². The molecule has 1 aromatic heterocycles. The van der Waals surface area contributed by atoms with Crippen LogP contribution in [0.1, 0.15) is 49.5 Å². The fourth-order valence-corrected chi connectivity index (χ4v) is 2.57. The maximum absolute atomic E-state index is 12.2. The SMILES string of the molecule is C[C@H](Sc1nnc(CNC(=O)c2ccc(C(C)(C)C)cc2)o1)C(=O)[O-]. The Morgan fingerprint density at radius 3 is 2.44 bits per heavy atom. The van der Waals surface area contributed by atoms with Gasteiger partial charge in [-0.3, -0.25) is 4.79 Å². The second kappa shape index (κ2) is 7.69. The molecule has 7 nitrogen and oxygen atoms in total. The van der Waals surface area contributed by atoms with Crippen molar-refractivity contribution in [2.24, 2.45) is 0 Å². The molecule has 8 heteroatoms. The van der Waals surface area contributed by atoms with Gasteiger partial charge < -0.3 is 19.6 Å². The number of carboxylic acids is 1. The average Bonchev–Trinajstić information content (AvgIpc) is 2.99. The number of nitrogens with zero attached hydrogens (tertiary/aromatic N) is 2. The molecular formula is C17H20N3O4S-. The van der Waals surface area contributed by atoms with Gasteiger partial charge in [-0.2, -0.15) is 0 Å². The van der Waals surface area contributed by atoms with E-state index in [4.69, 9.17) is 4.42 Å². The zero-order valence-electron chi connectivity index (χ0n) is 14.5. The van der Waals surface area contributed by atoms with Crippen LogP contribution in [-0.2, 0) is 16.8 Å². The summed E-state index contributed by atoms with van der Waals surface area (Å²) in [4.78, 5) is 22.9. The summed E-state index contributed by atoms with van der Waals surface area (Å²) in [6.07, 6.45) is 0. The van der Waals surface area contributed by atoms with Crippen LogP contribution in [0.2, 0.25) is 0 Å². The van der Waals surface area contributed by atoms with Crippen molar-refractivity contribution in [1.82, 2.24) is 15.5 Å². The Bertz CT molecular complexity index is 750. The molecule has 25 heavy (non-hydrogen) atoms. The highest BCUT2D eigenvalue weighted by molar-refractivity contribution is 8.00. The molecule has 1 N–H and O–H groups in total. The number of thioether (sulfide) groups is 1. The number of aliphatic carboxylic acids is 1. The molecule has 1 amide bonds. The van der Waals surface area contributed by atoms with E-state index in [-0.39, 0.29) is 29.0 Å². The van der Waals surface area contributed by atoms with Gasteiger partial charge in [-0.05, 0) is 30.0 Å². The number of carbonyl (C=O) groups excluding carboxylic acids is 2. The highest BCUT2D eigenvalue weighted by atomic mass is 32.2. The molecule has 0 unspecified atom stereocenters. The molecular weight excluding hydrogens is 342 g/mol. The predicted octanol–water partition coefficient (Wildman–Crippen LogP) is 1.53. The van der Waals surface area contributed by atoms with Gasteiger partial charge in [0.15, 0.2) is 0 Å². The van der Waals surface area contributed by atoms with Crippen molar-refractivity contribution in [3.05, 3.63) is 41.3 Å². The maximum Gasteiger partial charge on any atom is 0.277 e. The van der Waals surface area contributed by atoms with E-state index in [1.807, 2.05) is 12.1 Å². The number of carboxylic acid groups (broad SMARTS) is 1. The molecule has 0 aliphatic heterocycles. The van der Waals surface area contributed by atoms with Crippen LogP contribution >= 0.6 is 11.8 Å². The van der Waals surface area contributed by atoms with Gasteiger partial charge in [0.1, 0.15) is 0 Å². The Morgan fingerprint density at radius 1 is 1.24 bits per heavy atom. The number of aromatic nitrogens is 2. The lowest BCUT2D eigenvalue weighted by molar-refractivity contribution is -0.304. The summed E-state index contributed by atoms with van der Waals surface area (Å²) in [7, 11) is 0. The first-order valence-corrected chi connectivity index (χ1v) is 8.63. The van der Waals surface area contributed by atoms with E-state index in [0.717, 1.165) is 17.3 Å². The maximum atomic E-state index is 12.2. The fourth-order valence-electron chi connectivity index (χ4n) is 1.94. The highest BCUT2D eigenvalue weighted by Gasteiger charge is 2.15. The topological polar surface area (TPSA) is 108 Å². The number of hydrogen-bond acceptors (Lipinski definition) is 7. The summed E-state index contributed by atoms with van der Waals surface area (Å²) in [6, 6.07) is 7.40. The molecule has 0 saturated carbocycles. The van der Waals surface area contributed by atoms with Crippen LogP contribution < -0.4 is 10.4 Å². The third-order valence-corrected chi connectivity index (χ3v) is 4.38. The van der Waals surface area contributed by atoms with Crippen molar-refractivity contribution < 1.29 is 19.1 Å². The first kappa shape index (κ1) is 19.0. The number of amides is 1. The fraction of sp³-hybridized carbons (Fsp3) is 0.412. The molecule has 0 spiro atoms. The third kappa shape index (κ3) is 5.32. The Labute approximate surface area is 150 Å². The van der Waals surface area contributed by atoms with Gasteiger partial charge >= 0.3 is 0 Å². The minimum atomic E-state index is -1.21. The quantitative estimate of drug-likeness (QED) is 0.776. The first-order valence-electron chi connectivity index (χ1n) is 7.75. The highest BCUT2D eigenvalue weighted by Crippen LogP contribution is 2.22. The van der Waals surface area contributed by atoms with E-state index in [1.165, 1.54) is 6.92 Å². The van der Waals surface area contributed by atoms with Crippen molar-refractivity contribution in [3.8, 4) is 0 Å². The van der Waals surface area contributed by atoms with E-state index < -0.39 is 11.2 Å². The number of hydrogen-bond donors (Lipinski definition) is 1. The minimum Gasteiger partial charge on any atom is -0.549 e. The predicted molar refractivity (Wildman–Crippen MR) is 90.9 cm³/mol. The van der Waals surface area contributed by atoms with Gasteiger partial charge in [0.2, 0.25) is 5.89 Å². The summed E-state index contributed by atoms with van der Waals surface area (Å²) >= 11 is 0.892. The number of nitrogens with one attached hydrogen (secondary N) is 1. The lowest BCUT2D eigenvalue weighted by Crippen LogP contribution is -2.31. The normalized spacial score (nSPS) is 12.6. The van der Waals surface area contributed by atoms with Crippen molar-refractivity contribution in [3.63, 3.8) is 0 Å². The Hall–Kier alpha value is -2.35. The summed E-state index contributed by atoms with van der Waals surface area (Å²) < 4.78 is 5.29. The average molecular weight is 362 g/mol. The van der Waals surface area contributed by atoms with Gasteiger partial charge in [0.25, 0.3) is 11.1 Å². The number of rotatable bonds is 6. The standard InChI is InChI=1S/C17H21N3O4S/c1-10(15(22)23)25-16-20-19-13(24-16)9-18-14(21)11-5-7-12(8-6-11)17(2,3)4/h5-8,10H,9H2,1-4H3,(H,18,21)(H,22,23)/p-1/t10-/m0/s1. The van der Waals surface area contributed by atoms with Gasteiger partial charge in [0, 0.05) is 5.56 Å². The summed E-state index contributed by atoms with van der Waals surface area (Å²) in [5.74, 6) is -1.26. The molecule has 0 radical (unpaired) electrons. The smallest absolute Gasteiger partial charge is 0.277 e. The molecule has 1 heterocycles. The van der Waals surface area contributed by atoms with Crippen LogP contribution in [0.25, 0.3) is 0 Å². The zero-order valence-corrected chi connectivity index (χ0v) is 15.3. The molecule has 2 aromatic rings. The van der Waals surface area contributed by atoms with Crippen molar-refractivity contribution in [2.45, 2.75) is 50.1 Å². The van der Waals surface area contributed by atoms with Gasteiger partial charge in [-0.15, -0.1) is 10.2 Å². The monoisotopic (exact) mass is 362 g/mol. The van der Waals surface area contributed by atoms with Crippen LogP contribution in [-0.4, -0.2) is 27.3 Å². The van der Waals surface area contributed by atoms with Crippen LogP contribution in [0.3, 0.4) is 0 Å². The summed E-state index contributed by atoms with van der Waals surface area (Å²) in [5, 5.41) is 20.2. The second-order valence-corrected chi connectivity index (χ2v) is 7.84. The van der Waals surface area contributed by atoms with Crippen LogP contribution in [0, 0.1) is 0 Å². The Morgan fingerprint density at radius 2 is 1.88 bits per heavy atom. The van der Waals surface area contributed by atoms with Crippen LogP contribution in [0.15, 0.2) is 33.9 Å². The van der Waals surface area contributed by atoms with Gasteiger partial charge in [-0.1, -0.05) is 44.7 Å². The largest absolute Gasteiger partial charge is 0.549 e. The summed E-state index contributed by atoms with van der Waals surface area (Å²) in [5.41, 5.74) is 1.70. The lowest BCUT2D eigenvalue weighted by atomic mass is 9.87. The Kier molecular flexibility index (Phi) is 5.84. The second-order valence-electron chi connectivity index (χ2n) is 6.55. The van der Waals surface area contributed by atoms with Crippen LogP contribution in [0.4, 0.5) is 0 Å². The molecule has 0 bridgehead atoms. The van der Waals surface area contributed by atoms with E-state index in [2.05, 4.69) is 36.3 Å². The van der Waals surface area contributed by atoms with Gasteiger partial charge in [0.05, 0.1) is 17.8 Å². The molecule has 2 rings (SSSR count). The first-order chi connectivity index (χ1) is 11.7. The van der Waals surface area contributed by atoms with Crippen LogP contribution in [0.5, 0.6) is 0 Å². The van der Waals surface area contributed by atoms with E-state index in [0.29, 0.717) is 5.56 Å². The minimum absolute atomic E-state index is 0.0233. The van der Waals surface area contributed by atoms with Crippen molar-refractivity contribution in [1.29, 1.82) is 0 Å². The molecule has 0 saturated heterocycles. The number of carbonyl (C=O) groups is 2. The van der Waals surface area contributed by atoms with E-state index in [1.54, 1.807) is 12.1 Å². The molecule has 0 aliphatic carbocycles. The van der Waals surface area contributed by atoms with E-state index >= 15 is 0 Å². The van der Waals surface area contributed by atoms with E-state index in [9.17, 15) is 14.7 Å². The molecule has 0 aliphatic rings. The molecule has 1 aromatic carbocycles. The lowest BCUT2D eigenvalue weighted by Gasteiger charge is -2.18. The Balaban J connectivity index is 1.92. The number of benzene rings is 1. The molecule has 0 fully saturated rings. The zero-order chi connectivity index (χ0) is 18.6.